The number of aromatic nitrogens is 3. The number of carbonyl (C=O) groups excluding carboxylic acids is 1. The third-order valence-electron chi connectivity index (χ3n) is 3.48. The van der Waals surface area contributed by atoms with Crippen LogP contribution in [0, 0.1) is 5.82 Å². The second-order valence-electron chi connectivity index (χ2n) is 4.87. The third-order valence-corrected chi connectivity index (χ3v) is 3.48. The first-order chi connectivity index (χ1) is 10.6. The van der Waals surface area contributed by atoms with Crippen LogP contribution in [0.2, 0.25) is 0 Å². The predicted octanol–water partition coefficient (Wildman–Crippen LogP) is 2.27. The number of halogens is 1. The molecule has 1 unspecified atom stereocenters. The van der Waals surface area contributed by atoms with E-state index in [2.05, 4.69) is 15.4 Å². The van der Waals surface area contributed by atoms with Gasteiger partial charge in [0.05, 0.1) is 12.2 Å². The molecule has 7 heteroatoms. The van der Waals surface area contributed by atoms with Crippen molar-refractivity contribution in [2.75, 3.05) is 11.9 Å². The molecule has 1 atom stereocenters. The summed E-state index contributed by atoms with van der Waals surface area (Å²) in [6.07, 6.45) is 1.40. The van der Waals surface area contributed by atoms with Gasteiger partial charge in [0.2, 0.25) is 5.95 Å². The molecule has 1 aromatic carbocycles. The van der Waals surface area contributed by atoms with E-state index in [0.29, 0.717) is 17.2 Å². The Morgan fingerprint density at radius 1 is 1.41 bits per heavy atom. The Morgan fingerprint density at radius 2 is 2.14 bits per heavy atom. The number of esters is 1. The molecule has 6 nitrogen and oxygen atoms in total. The van der Waals surface area contributed by atoms with Gasteiger partial charge in [0.1, 0.15) is 18.2 Å². The molecule has 1 N–H and O–H groups in total. The van der Waals surface area contributed by atoms with Crippen LogP contribution in [0.25, 0.3) is 0 Å². The highest BCUT2D eigenvalue weighted by atomic mass is 19.1. The molecule has 2 heterocycles. The van der Waals surface area contributed by atoms with E-state index in [4.69, 9.17) is 4.74 Å². The predicted molar refractivity (Wildman–Crippen MR) is 77.5 cm³/mol. The van der Waals surface area contributed by atoms with Crippen molar-refractivity contribution >= 4 is 11.9 Å². The number of fused-ring (bicyclic) bond motifs is 1. The molecular weight excluding hydrogens is 287 g/mol. The monoisotopic (exact) mass is 302 g/mol. The van der Waals surface area contributed by atoms with E-state index in [1.807, 2.05) is 0 Å². The second-order valence-corrected chi connectivity index (χ2v) is 4.87. The molecule has 22 heavy (non-hydrogen) atoms. The highest BCUT2D eigenvalue weighted by molar-refractivity contribution is 5.92. The Labute approximate surface area is 126 Å². The number of anilines is 1. The number of benzene rings is 1. The summed E-state index contributed by atoms with van der Waals surface area (Å²) in [5.74, 6) is -0.238. The average Bonchev–Trinajstić information content (AvgIpc) is 2.94. The molecule has 0 saturated carbocycles. The number of carbonyl (C=O) groups is 1. The van der Waals surface area contributed by atoms with Crippen molar-refractivity contribution in [3.8, 4) is 0 Å². The fourth-order valence-corrected chi connectivity index (χ4v) is 2.52. The summed E-state index contributed by atoms with van der Waals surface area (Å²) in [7, 11) is 0. The van der Waals surface area contributed by atoms with Gasteiger partial charge in [-0.2, -0.15) is 10.1 Å². The lowest BCUT2D eigenvalue weighted by molar-refractivity contribution is -0.139. The molecule has 2 aromatic rings. The van der Waals surface area contributed by atoms with Gasteiger partial charge in [-0.15, -0.1) is 0 Å². The first-order valence-electron chi connectivity index (χ1n) is 6.91. The van der Waals surface area contributed by atoms with Crippen LogP contribution in [-0.4, -0.2) is 27.3 Å². The number of hydrogen-bond acceptors (Lipinski definition) is 5. The van der Waals surface area contributed by atoms with Gasteiger partial charge < -0.3 is 10.1 Å². The van der Waals surface area contributed by atoms with Gasteiger partial charge in [-0.3, -0.25) is 0 Å². The molecule has 0 radical (unpaired) electrons. The topological polar surface area (TPSA) is 69.0 Å². The Balaban J connectivity index is 2.13. The zero-order chi connectivity index (χ0) is 15.7. The number of hydrogen-bond donors (Lipinski definition) is 1. The molecule has 1 aliphatic rings. The van der Waals surface area contributed by atoms with E-state index >= 15 is 0 Å². The van der Waals surface area contributed by atoms with E-state index in [1.165, 1.54) is 18.5 Å². The first kappa shape index (κ1) is 14.2. The minimum Gasteiger partial charge on any atom is -0.463 e. The standard InChI is InChI=1S/C15H15FN4O2/c1-3-22-14(21)12-9(2)19-15-17-8-18-20(15)13(12)10-4-6-11(16)7-5-10/h4-8,13H,3H2,1-2H3,(H,17,18,19). The van der Waals surface area contributed by atoms with Crippen LogP contribution >= 0.6 is 0 Å². The number of nitrogens with one attached hydrogen (secondary N) is 1. The number of ether oxygens (including phenoxy) is 1. The second kappa shape index (κ2) is 5.59. The lowest BCUT2D eigenvalue weighted by Gasteiger charge is -2.28. The molecule has 3 rings (SSSR count). The summed E-state index contributed by atoms with van der Waals surface area (Å²) in [5, 5.41) is 7.21. The normalized spacial score (nSPS) is 17.0. The fourth-order valence-electron chi connectivity index (χ4n) is 2.52. The average molecular weight is 302 g/mol. The number of rotatable bonds is 3. The highest BCUT2D eigenvalue weighted by Crippen LogP contribution is 2.35. The van der Waals surface area contributed by atoms with Crippen LogP contribution in [-0.2, 0) is 9.53 Å². The van der Waals surface area contributed by atoms with Crippen molar-refractivity contribution in [2.24, 2.45) is 0 Å². The summed E-state index contributed by atoms with van der Waals surface area (Å²) >= 11 is 0. The van der Waals surface area contributed by atoms with Crippen molar-refractivity contribution in [1.29, 1.82) is 0 Å². The van der Waals surface area contributed by atoms with Gasteiger partial charge in [-0.25, -0.2) is 13.9 Å². The third kappa shape index (κ3) is 2.34. The molecule has 0 saturated heterocycles. The molecule has 1 aromatic heterocycles. The van der Waals surface area contributed by atoms with Crippen LogP contribution < -0.4 is 5.32 Å². The van der Waals surface area contributed by atoms with Crippen molar-refractivity contribution in [3.05, 3.63) is 53.2 Å². The van der Waals surface area contributed by atoms with Gasteiger partial charge in [0.15, 0.2) is 0 Å². The SMILES string of the molecule is CCOC(=O)C1=C(C)Nc2ncnn2C1c1ccc(F)cc1. The quantitative estimate of drug-likeness (QED) is 0.881. The Hall–Kier alpha value is -2.70. The van der Waals surface area contributed by atoms with Gasteiger partial charge in [-0.05, 0) is 31.5 Å². The van der Waals surface area contributed by atoms with Gasteiger partial charge in [0.25, 0.3) is 0 Å². The van der Waals surface area contributed by atoms with Gasteiger partial charge >= 0.3 is 5.97 Å². The van der Waals surface area contributed by atoms with Crippen molar-refractivity contribution < 1.29 is 13.9 Å². The van der Waals surface area contributed by atoms with Gasteiger partial charge in [0, 0.05) is 5.70 Å². The van der Waals surface area contributed by atoms with E-state index in [1.54, 1.807) is 30.7 Å². The van der Waals surface area contributed by atoms with Crippen molar-refractivity contribution in [2.45, 2.75) is 19.9 Å². The van der Waals surface area contributed by atoms with Crippen molar-refractivity contribution in [1.82, 2.24) is 14.8 Å². The maximum Gasteiger partial charge on any atom is 0.338 e. The first-order valence-corrected chi connectivity index (χ1v) is 6.91. The van der Waals surface area contributed by atoms with E-state index < -0.39 is 12.0 Å². The lowest BCUT2D eigenvalue weighted by atomic mass is 9.96. The molecule has 0 spiro atoms. The molecule has 0 amide bonds. The highest BCUT2D eigenvalue weighted by Gasteiger charge is 2.34. The smallest absolute Gasteiger partial charge is 0.338 e. The molecule has 0 fully saturated rings. The summed E-state index contributed by atoms with van der Waals surface area (Å²) in [4.78, 5) is 16.5. The maximum atomic E-state index is 13.2. The Bertz CT molecular complexity index is 736. The van der Waals surface area contributed by atoms with Crippen LogP contribution in [0.1, 0.15) is 25.5 Å². The van der Waals surface area contributed by atoms with E-state index in [-0.39, 0.29) is 12.4 Å². The Kier molecular flexibility index (Phi) is 3.62. The number of nitrogens with zero attached hydrogens (tertiary/aromatic N) is 3. The van der Waals surface area contributed by atoms with Crippen LogP contribution in [0.4, 0.5) is 10.3 Å². The maximum absolute atomic E-state index is 13.2. The fraction of sp³-hybridized carbons (Fsp3) is 0.267. The number of allylic oxidation sites excluding steroid dienone is 1. The van der Waals surface area contributed by atoms with E-state index in [9.17, 15) is 9.18 Å². The molecule has 114 valence electrons. The van der Waals surface area contributed by atoms with Crippen molar-refractivity contribution in [3.63, 3.8) is 0 Å². The van der Waals surface area contributed by atoms with E-state index in [0.717, 1.165) is 5.56 Å². The van der Waals surface area contributed by atoms with Crippen LogP contribution in [0.5, 0.6) is 0 Å². The molecule has 1 aliphatic heterocycles. The minimum atomic E-state index is -0.501. The summed E-state index contributed by atoms with van der Waals surface area (Å²) < 4.78 is 19.9. The molecule has 0 aliphatic carbocycles. The van der Waals surface area contributed by atoms with Crippen LogP contribution in [0.15, 0.2) is 41.9 Å². The minimum absolute atomic E-state index is 0.274. The molecular formula is C15H15FN4O2. The molecule has 0 bridgehead atoms. The zero-order valence-corrected chi connectivity index (χ0v) is 12.2. The Morgan fingerprint density at radius 3 is 2.82 bits per heavy atom. The largest absolute Gasteiger partial charge is 0.463 e. The summed E-state index contributed by atoms with van der Waals surface area (Å²) in [6.45, 7) is 3.80. The summed E-state index contributed by atoms with van der Waals surface area (Å²) in [6, 6.07) is 5.46. The lowest BCUT2D eigenvalue weighted by Crippen LogP contribution is -2.29. The van der Waals surface area contributed by atoms with Crippen LogP contribution in [0.3, 0.4) is 0 Å². The zero-order valence-electron chi connectivity index (χ0n) is 12.2. The van der Waals surface area contributed by atoms with Gasteiger partial charge in [-0.1, -0.05) is 12.1 Å². The summed E-state index contributed by atoms with van der Waals surface area (Å²) in [5.41, 5.74) is 1.82.